The number of carbonyl (C=O) groups excluding carboxylic acids is 1. The summed E-state index contributed by atoms with van der Waals surface area (Å²) < 4.78 is 6.16. The molecule has 0 aliphatic carbocycles. The van der Waals surface area contributed by atoms with Crippen LogP contribution in [0, 0.1) is 0 Å². The zero-order valence-electron chi connectivity index (χ0n) is 9.13. The van der Waals surface area contributed by atoms with Crippen molar-refractivity contribution in [2.75, 3.05) is 13.2 Å². The maximum absolute atomic E-state index is 11.2. The number of benzene rings is 1. The second kappa shape index (κ2) is 6.50. The molecule has 0 aliphatic heterocycles. The largest absolute Gasteiger partial charge is 0.483 e. The Labute approximate surface area is 103 Å². The van der Waals surface area contributed by atoms with Gasteiger partial charge in [0.2, 0.25) is 0 Å². The summed E-state index contributed by atoms with van der Waals surface area (Å²) in [6.45, 7) is 2.98. The molecule has 1 rings (SSSR count). The smallest absolute Gasteiger partial charge is 0.257 e. The van der Waals surface area contributed by atoms with Crippen molar-refractivity contribution in [1.82, 2.24) is 5.32 Å². The highest BCUT2D eigenvalue weighted by Crippen LogP contribution is 2.25. The van der Waals surface area contributed by atoms with Crippen molar-refractivity contribution in [2.45, 2.75) is 13.5 Å². The highest BCUT2D eigenvalue weighted by atomic mass is 79.9. The van der Waals surface area contributed by atoms with Crippen LogP contribution in [-0.4, -0.2) is 19.1 Å². The van der Waals surface area contributed by atoms with Crippen LogP contribution in [0.1, 0.15) is 12.5 Å². The number of likely N-dealkylation sites (N-methyl/N-ethyl adjacent to an activating group) is 1. The number of carbonyl (C=O) groups is 1. The summed E-state index contributed by atoms with van der Waals surface area (Å²) in [6.07, 6.45) is 0. The van der Waals surface area contributed by atoms with Crippen LogP contribution in [0.2, 0.25) is 0 Å². The quantitative estimate of drug-likeness (QED) is 0.861. The molecule has 0 aliphatic rings. The van der Waals surface area contributed by atoms with Gasteiger partial charge in [0.15, 0.2) is 6.61 Å². The molecule has 0 heterocycles. The molecule has 0 unspecified atom stereocenters. The first-order chi connectivity index (χ1) is 7.67. The summed E-state index contributed by atoms with van der Waals surface area (Å²) in [7, 11) is 0. The van der Waals surface area contributed by atoms with Gasteiger partial charge in [-0.3, -0.25) is 4.79 Å². The Morgan fingerprint density at radius 3 is 2.88 bits per heavy atom. The number of rotatable bonds is 5. The number of hydrogen-bond acceptors (Lipinski definition) is 3. The number of nitrogens with two attached hydrogens (primary N) is 1. The highest BCUT2D eigenvalue weighted by Gasteiger charge is 2.05. The second-order valence-electron chi connectivity index (χ2n) is 3.21. The lowest BCUT2D eigenvalue weighted by Gasteiger charge is -2.08. The van der Waals surface area contributed by atoms with Gasteiger partial charge in [0.1, 0.15) is 5.75 Å². The Balaban J connectivity index is 2.57. The van der Waals surface area contributed by atoms with E-state index in [9.17, 15) is 4.79 Å². The molecule has 0 aromatic heterocycles. The zero-order chi connectivity index (χ0) is 12.0. The Bertz CT molecular complexity index is 369. The number of ether oxygens (including phenoxy) is 1. The van der Waals surface area contributed by atoms with E-state index in [4.69, 9.17) is 10.5 Å². The fraction of sp³-hybridized carbons (Fsp3) is 0.364. The van der Waals surface area contributed by atoms with E-state index in [-0.39, 0.29) is 12.5 Å². The molecule has 0 saturated heterocycles. The van der Waals surface area contributed by atoms with Crippen molar-refractivity contribution in [3.05, 3.63) is 28.2 Å². The fourth-order valence-electron chi connectivity index (χ4n) is 1.18. The first-order valence-corrected chi connectivity index (χ1v) is 5.84. The van der Waals surface area contributed by atoms with E-state index < -0.39 is 0 Å². The van der Waals surface area contributed by atoms with Crippen molar-refractivity contribution in [1.29, 1.82) is 0 Å². The minimum atomic E-state index is -0.127. The summed E-state index contributed by atoms with van der Waals surface area (Å²) in [5.41, 5.74) is 6.52. The van der Waals surface area contributed by atoms with Gasteiger partial charge < -0.3 is 15.8 Å². The molecule has 88 valence electrons. The molecule has 4 nitrogen and oxygen atoms in total. The van der Waals surface area contributed by atoms with E-state index in [0.29, 0.717) is 18.8 Å². The number of nitrogens with one attached hydrogen (secondary N) is 1. The molecule has 0 atom stereocenters. The van der Waals surface area contributed by atoms with Crippen molar-refractivity contribution in [3.63, 3.8) is 0 Å². The molecule has 3 N–H and O–H groups in total. The van der Waals surface area contributed by atoms with Crippen molar-refractivity contribution < 1.29 is 9.53 Å². The molecule has 0 fully saturated rings. The number of hydrogen-bond donors (Lipinski definition) is 2. The second-order valence-corrected chi connectivity index (χ2v) is 4.07. The fourth-order valence-corrected chi connectivity index (χ4v) is 1.72. The normalized spacial score (nSPS) is 9.94. The lowest BCUT2D eigenvalue weighted by atomic mass is 10.2. The van der Waals surface area contributed by atoms with Gasteiger partial charge in [-0.05, 0) is 40.5 Å². The Kier molecular flexibility index (Phi) is 5.28. The maximum atomic E-state index is 11.2. The van der Waals surface area contributed by atoms with Gasteiger partial charge in [0.25, 0.3) is 5.91 Å². The average Bonchev–Trinajstić information content (AvgIpc) is 2.27. The summed E-state index contributed by atoms with van der Waals surface area (Å²) >= 11 is 3.36. The minimum Gasteiger partial charge on any atom is -0.483 e. The Hall–Kier alpha value is -1.07. The third kappa shape index (κ3) is 3.83. The number of halogens is 1. The minimum absolute atomic E-state index is 0.0222. The van der Waals surface area contributed by atoms with Crippen LogP contribution in [0.15, 0.2) is 22.7 Å². The predicted octanol–water partition coefficient (Wildman–Crippen LogP) is 1.42. The number of amides is 1. The monoisotopic (exact) mass is 286 g/mol. The molecule has 0 saturated carbocycles. The van der Waals surface area contributed by atoms with Crippen molar-refractivity contribution >= 4 is 21.8 Å². The van der Waals surface area contributed by atoms with E-state index >= 15 is 0 Å². The summed E-state index contributed by atoms with van der Waals surface area (Å²) in [4.78, 5) is 11.2. The molecular weight excluding hydrogens is 272 g/mol. The maximum Gasteiger partial charge on any atom is 0.257 e. The first kappa shape index (κ1) is 13.0. The van der Waals surface area contributed by atoms with E-state index in [1.807, 2.05) is 19.1 Å². The van der Waals surface area contributed by atoms with Crippen LogP contribution >= 0.6 is 15.9 Å². The summed E-state index contributed by atoms with van der Waals surface area (Å²) in [6, 6.07) is 5.55. The van der Waals surface area contributed by atoms with Crippen LogP contribution < -0.4 is 15.8 Å². The molecule has 0 spiro atoms. The van der Waals surface area contributed by atoms with Crippen LogP contribution in [0.3, 0.4) is 0 Å². The Morgan fingerprint density at radius 1 is 1.56 bits per heavy atom. The molecule has 5 heteroatoms. The standard InChI is InChI=1S/C11H15BrN2O2/c1-2-14-11(15)7-16-10-4-3-8(6-13)5-9(10)12/h3-5H,2,6-7,13H2,1H3,(H,14,15). The third-order valence-corrected chi connectivity index (χ3v) is 2.58. The molecule has 0 bridgehead atoms. The molecule has 1 aromatic carbocycles. The van der Waals surface area contributed by atoms with Crippen molar-refractivity contribution in [2.24, 2.45) is 5.73 Å². The van der Waals surface area contributed by atoms with Gasteiger partial charge in [0.05, 0.1) is 4.47 Å². The van der Waals surface area contributed by atoms with E-state index in [2.05, 4.69) is 21.2 Å². The van der Waals surface area contributed by atoms with E-state index in [1.165, 1.54) is 0 Å². The average molecular weight is 287 g/mol. The van der Waals surface area contributed by atoms with E-state index in [1.54, 1.807) is 6.07 Å². The van der Waals surface area contributed by atoms with Gasteiger partial charge in [-0.25, -0.2) is 0 Å². The van der Waals surface area contributed by atoms with Gasteiger partial charge in [0, 0.05) is 13.1 Å². The van der Waals surface area contributed by atoms with Gasteiger partial charge >= 0.3 is 0 Å². The lowest BCUT2D eigenvalue weighted by Crippen LogP contribution is -2.28. The van der Waals surface area contributed by atoms with Crippen LogP contribution in [0.25, 0.3) is 0 Å². The van der Waals surface area contributed by atoms with E-state index in [0.717, 1.165) is 10.0 Å². The molecule has 0 radical (unpaired) electrons. The van der Waals surface area contributed by atoms with Gasteiger partial charge in [-0.2, -0.15) is 0 Å². The van der Waals surface area contributed by atoms with Crippen molar-refractivity contribution in [3.8, 4) is 5.75 Å². The SMILES string of the molecule is CCNC(=O)COc1ccc(CN)cc1Br. The molecule has 1 aromatic rings. The highest BCUT2D eigenvalue weighted by molar-refractivity contribution is 9.10. The topological polar surface area (TPSA) is 64.3 Å². The molecular formula is C11H15BrN2O2. The molecule has 1 amide bonds. The van der Waals surface area contributed by atoms with Crippen LogP contribution in [-0.2, 0) is 11.3 Å². The zero-order valence-corrected chi connectivity index (χ0v) is 10.7. The predicted molar refractivity (Wildman–Crippen MR) is 66.2 cm³/mol. The van der Waals surface area contributed by atoms with Gasteiger partial charge in [-0.1, -0.05) is 6.07 Å². The summed E-state index contributed by atoms with van der Waals surface area (Å²) in [5, 5.41) is 2.66. The Morgan fingerprint density at radius 2 is 2.31 bits per heavy atom. The molecule has 16 heavy (non-hydrogen) atoms. The summed E-state index contributed by atoms with van der Waals surface area (Å²) in [5.74, 6) is 0.515. The third-order valence-electron chi connectivity index (χ3n) is 1.96. The van der Waals surface area contributed by atoms with Gasteiger partial charge in [-0.15, -0.1) is 0 Å². The first-order valence-electron chi connectivity index (χ1n) is 5.05. The lowest BCUT2D eigenvalue weighted by molar-refractivity contribution is -0.122. The van der Waals surface area contributed by atoms with Crippen LogP contribution in [0.4, 0.5) is 0 Å². The van der Waals surface area contributed by atoms with Crippen LogP contribution in [0.5, 0.6) is 5.75 Å².